The standard InChI is InChI=1S/C15H24N4/c1-7-18-12(5)14(10(3)16-18)9-15-11(4)17-19(8-2)13(15)6/h7-9H2,1-6H3. The van der Waals surface area contributed by atoms with E-state index in [2.05, 4.69) is 61.1 Å². The van der Waals surface area contributed by atoms with Gasteiger partial charge in [-0.15, -0.1) is 0 Å². The molecular weight excluding hydrogens is 236 g/mol. The first-order chi connectivity index (χ1) is 8.99. The van der Waals surface area contributed by atoms with Gasteiger partial charge in [-0.3, -0.25) is 9.36 Å². The Balaban J connectivity index is 2.42. The highest BCUT2D eigenvalue weighted by Crippen LogP contribution is 2.22. The van der Waals surface area contributed by atoms with Gasteiger partial charge in [-0.2, -0.15) is 10.2 Å². The zero-order valence-electron chi connectivity index (χ0n) is 12.9. The van der Waals surface area contributed by atoms with Gasteiger partial charge >= 0.3 is 0 Å². The van der Waals surface area contributed by atoms with E-state index in [4.69, 9.17) is 0 Å². The Bertz CT molecular complexity index is 538. The summed E-state index contributed by atoms with van der Waals surface area (Å²) in [4.78, 5) is 0. The van der Waals surface area contributed by atoms with E-state index in [1.165, 1.54) is 22.5 Å². The van der Waals surface area contributed by atoms with Gasteiger partial charge in [0, 0.05) is 42.0 Å². The smallest absolute Gasteiger partial charge is 0.0631 e. The molecule has 0 unspecified atom stereocenters. The molecule has 0 aromatic carbocycles. The number of hydrogen-bond donors (Lipinski definition) is 0. The minimum atomic E-state index is 0.929. The second kappa shape index (κ2) is 5.19. The maximum Gasteiger partial charge on any atom is 0.0631 e. The fraction of sp³-hybridized carbons (Fsp3) is 0.600. The zero-order chi connectivity index (χ0) is 14.2. The van der Waals surface area contributed by atoms with Crippen LogP contribution in [0.2, 0.25) is 0 Å². The molecule has 4 nitrogen and oxygen atoms in total. The lowest BCUT2D eigenvalue weighted by molar-refractivity contribution is 0.632. The minimum Gasteiger partial charge on any atom is -0.270 e. The van der Waals surface area contributed by atoms with Gasteiger partial charge in [0.25, 0.3) is 0 Å². The predicted molar refractivity (Wildman–Crippen MR) is 77.6 cm³/mol. The fourth-order valence-electron chi connectivity index (χ4n) is 2.77. The van der Waals surface area contributed by atoms with Crippen molar-refractivity contribution >= 4 is 0 Å². The molecule has 0 fully saturated rings. The molecule has 2 heterocycles. The van der Waals surface area contributed by atoms with Gasteiger partial charge in [0.05, 0.1) is 11.4 Å². The first kappa shape index (κ1) is 13.8. The molecule has 19 heavy (non-hydrogen) atoms. The van der Waals surface area contributed by atoms with Crippen molar-refractivity contribution in [3.05, 3.63) is 33.9 Å². The second-order valence-electron chi connectivity index (χ2n) is 5.11. The van der Waals surface area contributed by atoms with Crippen LogP contribution in [-0.2, 0) is 19.5 Å². The van der Waals surface area contributed by atoms with Gasteiger partial charge in [-0.1, -0.05) is 0 Å². The van der Waals surface area contributed by atoms with Crippen LogP contribution < -0.4 is 0 Å². The second-order valence-corrected chi connectivity index (χ2v) is 5.11. The lowest BCUT2D eigenvalue weighted by Gasteiger charge is -2.05. The van der Waals surface area contributed by atoms with Crippen LogP contribution in [0.15, 0.2) is 0 Å². The summed E-state index contributed by atoms with van der Waals surface area (Å²) in [5.74, 6) is 0. The van der Waals surface area contributed by atoms with E-state index in [9.17, 15) is 0 Å². The molecule has 104 valence electrons. The van der Waals surface area contributed by atoms with Crippen molar-refractivity contribution in [2.75, 3.05) is 0 Å². The van der Waals surface area contributed by atoms with Gasteiger partial charge in [-0.05, 0) is 41.5 Å². The highest BCUT2D eigenvalue weighted by molar-refractivity contribution is 5.35. The van der Waals surface area contributed by atoms with E-state index >= 15 is 0 Å². The molecule has 4 heteroatoms. The minimum absolute atomic E-state index is 0.929. The summed E-state index contributed by atoms with van der Waals surface area (Å²) in [6.45, 7) is 14.6. The fourth-order valence-corrected chi connectivity index (χ4v) is 2.77. The van der Waals surface area contributed by atoms with Crippen LogP contribution in [0.4, 0.5) is 0 Å². The van der Waals surface area contributed by atoms with E-state index in [0.717, 1.165) is 30.9 Å². The third kappa shape index (κ3) is 2.31. The highest BCUT2D eigenvalue weighted by Gasteiger charge is 2.16. The molecule has 0 aliphatic heterocycles. The molecule has 2 aromatic heterocycles. The maximum atomic E-state index is 4.60. The van der Waals surface area contributed by atoms with Gasteiger partial charge < -0.3 is 0 Å². The van der Waals surface area contributed by atoms with Crippen LogP contribution in [0.3, 0.4) is 0 Å². The van der Waals surface area contributed by atoms with Crippen molar-refractivity contribution in [2.24, 2.45) is 0 Å². The number of nitrogens with zero attached hydrogens (tertiary/aromatic N) is 4. The average Bonchev–Trinajstić information content (AvgIpc) is 2.82. The molecule has 0 aliphatic rings. The molecule has 0 saturated carbocycles. The number of aromatic nitrogens is 4. The lowest BCUT2D eigenvalue weighted by atomic mass is 10.0. The van der Waals surface area contributed by atoms with E-state index in [1.807, 2.05) is 0 Å². The molecule has 0 aliphatic carbocycles. The summed E-state index contributed by atoms with van der Waals surface area (Å²) in [7, 11) is 0. The van der Waals surface area contributed by atoms with E-state index in [0.29, 0.717) is 0 Å². The number of rotatable bonds is 4. The summed E-state index contributed by atoms with van der Waals surface area (Å²) >= 11 is 0. The van der Waals surface area contributed by atoms with Gasteiger partial charge in [0.15, 0.2) is 0 Å². The highest BCUT2D eigenvalue weighted by atomic mass is 15.3. The Hall–Kier alpha value is -1.58. The molecule has 2 aromatic rings. The van der Waals surface area contributed by atoms with Crippen LogP contribution in [0, 0.1) is 27.7 Å². The topological polar surface area (TPSA) is 35.6 Å². The summed E-state index contributed by atoms with van der Waals surface area (Å²) in [6.07, 6.45) is 0.940. The van der Waals surface area contributed by atoms with E-state index < -0.39 is 0 Å². The number of aryl methyl sites for hydroxylation is 4. The molecule has 0 amide bonds. The van der Waals surface area contributed by atoms with Crippen molar-refractivity contribution in [1.29, 1.82) is 0 Å². The Morgan fingerprint density at radius 2 is 1.11 bits per heavy atom. The average molecular weight is 260 g/mol. The van der Waals surface area contributed by atoms with E-state index in [-0.39, 0.29) is 0 Å². The molecule has 0 spiro atoms. The first-order valence-corrected chi connectivity index (χ1v) is 7.05. The van der Waals surface area contributed by atoms with Crippen LogP contribution in [0.5, 0.6) is 0 Å². The molecule has 0 bridgehead atoms. The first-order valence-electron chi connectivity index (χ1n) is 7.05. The van der Waals surface area contributed by atoms with Gasteiger partial charge in [0.2, 0.25) is 0 Å². The summed E-state index contributed by atoms with van der Waals surface area (Å²) in [5.41, 5.74) is 7.54. The summed E-state index contributed by atoms with van der Waals surface area (Å²) in [5, 5.41) is 9.20. The Kier molecular flexibility index (Phi) is 3.78. The van der Waals surface area contributed by atoms with Gasteiger partial charge in [-0.25, -0.2) is 0 Å². The Labute approximate surface area is 115 Å². The van der Waals surface area contributed by atoms with E-state index in [1.54, 1.807) is 0 Å². The predicted octanol–water partition coefficient (Wildman–Crippen LogP) is 2.94. The van der Waals surface area contributed by atoms with Crippen LogP contribution >= 0.6 is 0 Å². The number of hydrogen-bond acceptors (Lipinski definition) is 2. The van der Waals surface area contributed by atoms with Crippen LogP contribution in [-0.4, -0.2) is 19.6 Å². The monoisotopic (exact) mass is 260 g/mol. The molecule has 0 radical (unpaired) electrons. The molecule has 0 atom stereocenters. The molecule has 2 rings (SSSR count). The summed E-state index contributed by atoms with van der Waals surface area (Å²) < 4.78 is 4.17. The van der Waals surface area contributed by atoms with Crippen LogP contribution in [0.1, 0.15) is 47.8 Å². The van der Waals surface area contributed by atoms with Crippen molar-refractivity contribution in [2.45, 2.75) is 61.1 Å². The lowest BCUT2D eigenvalue weighted by Crippen LogP contribution is -2.01. The third-order valence-electron chi connectivity index (χ3n) is 4.02. The van der Waals surface area contributed by atoms with Crippen molar-refractivity contribution in [1.82, 2.24) is 19.6 Å². The molecular formula is C15H24N4. The Morgan fingerprint density at radius 3 is 1.37 bits per heavy atom. The SMILES string of the molecule is CCn1nc(C)c(Cc2c(C)nn(CC)c2C)c1C. The van der Waals surface area contributed by atoms with Crippen molar-refractivity contribution < 1.29 is 0 Å². The van der Waals surface area contributed by atoms with Crippen LogP contribution in [0.25, 0.3) is 0 Å². The summed E-state index contributed by atoms with van der Waals surface area (Å²) in [6, 6.07) is 0. The zero-order valence-corrected chi connectivity index (χ0v) is 12.9. The third-order valence-corrected chi connectivity index (χ3v) is 4.02. The van der Waals surface area contributed by atoms with Crippen molar-refractivity contribution in [3.8, 4) is 0 Å². The largest absolute Gasteiger partial charge is 0.270 e. The van der Waals surface area contributed by atoms with Gasteiger partial charge in [0.1, 0.15) is 0 Å². The molecule has 0 N–H and O–H groups in total. The normalized spacial score (nSPS) is 11.3. The quantitative estimate of drug-likeness (QED) is 0.847. The maximum absolute atomic E-state index is 4.60. The Morgan fingerprint density at radius 1 is 0.737 bits per heavy atom. The van der Waals surface area contributed by atoms with Crippen molar-refractivity contribution in [3.63, 3.8) is 0 Å². The molecule has 0 saturated heterocycles.